The van der Waals surface area contributed by atoms with Gasteiger partial charge in [0.1, 0.15) is 23.9 Å². The molecule has 0 bridgehead atoms. The molecule has 1 amide bonds. The number of ether oxygens (including phenoxy) is 2. The molecular weight excluding hydrogens is 285 g/mol. The van der Waals surface area contributed by atoms with Crippen LogP contribution in [0.1, 0.15) is 0 Å². The Balaban J connectivity index is 1.86. The third-order valence-electron chi connectivity index (χ3n) is 2.67. The fourth-order valence-corrected chi connectivity index (χ4v) is 1.70. The van der Waals surface area contributed by atoms with Crippen molar-refractivity contribution >= 4 is 11.6 Å². The average molecular weight is 301 g/mol. The number of nitrogens with one attached hydrogen (secondary N) is 1. The molecule has 0 saturated heterocycles. The van der Waals surface area contributed by atoms with Gasteiger partial charge in [-0.1, -0.05) is 18.7 Å². The molecule has 0 aliphatic carbocycles. The van der Waals surface area contributed by atoms with Crippen LogP contribution >= 0.6 is 0 Å². The van der Waals surface area contributed by atoms with Crippen LogP contribution in [-0.2, 0) is 4.79 Å². The fourth-order valence-electron chi connectivity index (χ4n) is 1.70. The number of rotatable bonds is 7. The van der Waals surface area contributed by atoms with Crippen molar-refractivity contribution in [1.82, 2.24) is 0 Å². The van der Waals surface area contributed by atoms with Gasteiger partial charge in [-0.05, 0) is 36.4 Å². The Kier molecular flexibility index (Phi) is 5.54. The predicted molar refractivity (Wildman–Crippen MR) is 82.7 cm³/mol. The van der Waals surface area contributed by atoms with Gasteiger partial charge in [-0.25, -0.2) is 4.39 Å². The van der Waals surface area contributed by atoms with E-state index in [-0.39, 0.29) is 18.3 Å². The maximum Gasteiger partial charge on any atom is 0.262 e. The summed E-state index contributed by atoms with van der Waals surface area (Å²) < 4.78 is 23.4. The van der Waals surface area contributed by atoms with Gasteiger partial charge < -0.3 is 14.8 Å². The quantitative estimate of drug-likeness (QED) is 0.797. The lowest BCUT2D eigenvalue weighted by Gasteiger charge is -2.09. The van der Waals surface area contributed by atoms with E-state index >= 15 is 0 Å². The van der Waals surface area contributed by atoms with Crippen molar-refractivity contribution in [2.24, 2.45) is 0 Å². The van der Waals surface area contributed by atoms with Gasteiger partial charge in [0.15, 0.2) is 6.61 Å². The highest BCUT2D eigenvalue weighted by atomic mass is 19.1. The number of hydrogen-bond donors (Lipinski definition) is 1. The molecule has 0 unspecified atom stereocenters. The number of carbonyl (C=O) groups excluding carboxylic acids is 1. The molecule has 0 fully saturated rings. The fraction of sp³-hybridized carbons (Fsp3) is 0.118. The summed E-state index contributed by atoms with van der Waals surface area (Å²) in [5.74, 6) is 0.398. The highest BCUT2D eigenvalue weighted by molar-refractivity contribution is 5.92. The molecule has 5 heteroatoms. The van der Waals surface area contributed by atoms with E-state index < -0.39 is 0 Å². The van der Waals surface area contributed by atoms with E-state index in [1.807, 2.05) is 0 Å². The van der Waals surface area contributed by atoms with Gasteiger partial charge in [-0.2, -0.15) is 0 Å². The molecule has 0 spiro atoms. The van der Waals surface area contributed by atoms with E-state index in [0.717, 1.165) is 0 Å². The summed E-state index contributed by atoms with van der Waals surface area (Å²) in [5, 5.41) is 2.70. The number of halogens is 1. The molecule has 1 N–H and O–H groups in total. The zero-order chi connectivity index (χ0) is 15.8. The third-order valence-corrected chi connectivity index (χ3v) is 2.67. The van der Waals surface area contributed by atoms with Crippen molar-refractivity contribution in [2.45, 2.75) is 0 Å². The smallest absolute Gasteiger partial charge is 0.262 e. The second kappa shape index (κ2) is 7.83. The molecule has 0 saturated carbocycles. The lowest BCUT2D eigenvalue weighted by molar-refractivity contribution is -0.118. The summed E-state index contributed by atoms with van der Waals surface area (Å²) in [6, 6.07) is 12.5. The molecule has 0 aliphatic rings. The first-order chi connectivity index (χ1) is 10.7. The van der Waals surface area contributed by atoms with Crippen LogP contribution in [-0.4, -0.2) is 19.1 Å². The molecule has 0 heterocycles. The Labute approximate surface area is 128 Å². The summed E-state index contributed by atoms with van der Waals surface area (Å²) in [5.41, 5.74) is 0.606. The van der Waals surface area contributed by atoms with Crippen LogP contribution in [0.2, 0.25) is 0 Å². The van der Waals surface area contributed by atoms with Gasteiger partial charge in [0.05, 0.1) is 0 Å². The van der Waals surface area contributed by atoms with E-state index in [4.69, 9.17) is 9.47 Å². The van der Waals surface area contributed by atoms with Crippen molar-refractivity contribution < 1.29 is 18.7 Å². The maximum absolute atomic E-state index is 12.7. The minimum atomic E-state index is -0.354. The first kappa shape index (κ1) is 15.6. The Bertz CT molecular complexity index is 641. The second-order valence-corrected chi connectivity index (χ2v) is 4.42. The number of benzene rings is 2. The number of anilines is 1. The van der Waals surface area contributed by atoms with Crippen molar-refractivity contribution in [3.8, 4) is 11.5 Å². The van der Waals surface area contributed by atoms with Crippen LogP contribution in [0.4, 0.5) is 10.1 Å². The normalized spacial score (nSPS) is 9.86. The largest absolute Gasteiger partial charge is 0.489 e. The number of hydrogen-bond acceptors (Lipinski definition) is 3. The Morgan fingerprint density at radius 1 is 1.14 bits per heavy atom. The SMILES string of the molecule is C=CCOc1cccc(NC(=O)COc2ccc(F)cc2)c1. The summed E-state index contributed by atoms with van der Waals surface area (Å²) in [4.78, 5) is 11.8. The minimum absolute atomic E-state index is 0.163. The molecule has 2 aromatic rings. The van der Waals surface area contributed by atoms with Crippen LogP contribution in [0.5, 0.6) is 11.5 Å². The average Bonchev–Trinajstić information content (AvgIpc) is 2.53. The molecule has 0 aromatic heterocycles. The molecule has 4 nitrogen and oxygen atoms in total. The molecular formula is C17H16FNO3. The monoisotopic (exact) mass is 301 g/mol. The zero-order valence-electron chi connectivity index (χ0n) is 11.9. The van der Waals surface area contributed by atoms with E-state index in [2.05, 4.69) is 11.9 Å². The Morgan fingerprint density at radius 2 is 1.91 bits per heavy atom. The van der Waals surface area contributed by atoms with Crippen LogP contribution in [0.15, 0.2) is 61.2 Å². The zero-order valence-corrected chi connectivity index (χ0v) is 11.9. The number of carbonyl (C=O) groups is 1. The van der Waals surface area contributed by atoms with Crippen LogP contribution < -0.4 is 14.8 Å². The molecule has 2 rings (SSSR count). The standard InChI is InChI=1S/C17H16FNO3/c1-2-10-21-16-5-3-4-14(11-16)19-17(20)12-22-15-8-6-13(18)7-9-15/h2-9,11H,1,10,12H2,(H,19,20). The maximum atomic E-state index is 12.7. The van der Waals surface area contributed by atoms with Crippen LogP contribution in [0.25, 0.3) is 0 Å². The summed E-state index contributed by atoms with van der Waals surface area (Å²) in [6.07, 6.45) is 1.64. The first-order valence-electron chi connectivity index (χ1n) is 6.69. The minimum Gasteiger partial charge on any atom is -0.489 e. The molecule has 0 aliphatic heterocycles. The summed E-state index contributed by atoms with van der Waals surface area (Å²) in [6.45, 7) is 3.80. The van der Waals surface area contributed by atoms with Crippen molar-refractivity contribution in [1.29, 1.82) is 0 Å². The van der Waals surface area contributed by atoms with Gasteiger partial charge in [0.2, 0.25) is 0 Å². The van der Waals surface area contributed by atoms with E-state index in [1.54, 1.807) is 30.3 Å². The van der Waals surface area contributed by atoms with Crippen LogP contribution in [0.3, 0.4) is 0 Å². The van der Waals surface area contributed by atoms with E-state index in [9.17, 15) is 9.18 Å². The van der Waals surface area contributed by atoms with Gasteiger partial charge in [0.25, 0.3) is 5.91 Å². The lowest BCUT2D eigenvalue weighted by Crippen LogP contribution is -2.20. The highest BCUT2D eigenvalue weighted by Gasteiger charge is 2.05. The predicted octanol–water partition coefficient (Wildman–Crippen LogP) is 3.41. The number of amides is 1. The lowest BCUT2D eigenvalue weighted by atomic mass is 10.3. The van der Waals surface area contributed by atoms with Crippen molar-refractivity contribution in [3.63, 3.8) is 0 Å². The molecule has 22 heavy (non-hydrogen) atoms. The van der Waals surface area contributed by atoms with Gasteiger partial charge in [-0.3, -0.25) is 4.79 Å². The van der Waals surface area contributed by atoms with E-state index in [1.165, 1.54) is 24.3 Å². The van der Waals surface area contributed by atoms with Crippen molar-refractivity contribution in [3.05, 3.63) is 67.0 Å². The van der Waals surface area contributed by atoms with Crippen LogP contribution in [0, 0.1) is 5.82 Å². The summed E-state index contributed by atoms with van der Waals surface area (Å²) in [7, 11) is 0. The molecule has 0 radical (unpaired) electrons. The Hall–Kier alpha value is -2.82. The molecule has 0 atom stereocenters. The molecule has 114 valence electrons. The Morgan fingerprint density at radius 3 is 2.64 bits per heavy atom. The first-order valence-corrected chi connectivity index (χ1v) is 6.69. The topological polar surface area (TPSA) is 47.6 Å². The third kappa shape index (κ3) is 4.94. The summed E-state index contributed by atoms with van der Waals surface area (Å²) >= 11 is 0. The van der Waals surface area contributed by atoms with Gasteiger partial charge >= 0.3 is 0 Å². The van der Waals surface area contributed by atoms with Crippen molar-refractivity contribution in [2.75, 3.05) is 18.5 Å². The molecule has 2 aromatic carbocycles. The van der Waals surface area contributed by atoms with E-state index in [0.29, 0.717) is 23.8 Å². The second-order valence-electron chi connectivity index (χ2n) is 4.42. The highest BCUT2D eigenvalue weighted by Crippen LogP contribution is 2.17. The van der Waals surface area contributed by atoms with Gasteiger partial charge in [0, 0.05) is 11.8 Å². The van der Waals surface area contributed by atoms with Gasteiger partial charge in [-0.15, -0.1) is 0 Å².